The second-order valence-electron chi connectivity index (χ2n) is 3.48. The highest BCUT2D eigenvalue weighted by Gasteiger charge is 2.16. The van der Waals surface area contributed by atoms with Crippen LogP contribution in [0.5, 0.6) is 0 Å². The molecule has 0 bridgehead atoms. The highest BCUT2D eigenvalue weighted by Crippen LogP contribution is 2.32. The Labute approximate surface area is 108 Å². The summed E-state index contributed by atoms with van der Waals surface area (Å²) < 4.78 is 13.0. The topological polar surface area (TPSA) is 33.1 Å². The van der Waals surface area contributed by atoms with E-state index in [1.807, 2.05) is 0 Å². The monoisotopic (exact) mass is 271 g/mol. The number of benzene rings is 1. The van der Waals surface area contributed by atoms with E-state index in [1.165, 1.54) is 12.3 Å². The maximum atomic E-state index is 13.0. The Morgan fingerprint density at radius 1 is 1.24 bits per heavy atom. The molecule has 17 heavy (non-hydrogen) atoms. The van der Waals surface area contributed by atoms with E-state index in [0.717, 1.165) is 6.20 Å². The van der Waals surface area contributed by atoms with E-state index in [9.17, 15) is 9.50 Å². The maximum Gasteiger partial charge on any atom is 0.141 e. The van der Waals surface area contributed by atoms with Gasteiger partial charge in [-0.2, -0.15) is 0 Å². The zero-order chi connectivity index (χ0) is 12.4. The van der Waals surface area contributed by atoms with Gasteiger partial charge >= 0.3 is 0 Å². The Hall–Kier alpha value is -1.16. The third-order valence-electron chi connectivity index (χ3n) is 2.32. The van der Waals surface area contributed by atoms with Crippen molar-refractivity contribution in [1.82, 2.24) is 4.98 Å². The zero-order valence-electron chi connectivity index (χ0n) is 8.57. The summed E-state index contributed by atoms with van der Waals surface area (Å²) >= 11 is 11.8. The molecule has 0 spiro atoms. The van der Waals surface area contributed by atoms with Crippen LogP contribution in [0.4, 0.5) is 4.39 Å². The van der Waals surface area contributed by atoms with Crippen molar-refractivity contribution in [3.05, 3.63) is 63.6 Å². The van der Waals surface area contributed by atoms with Crippen LogP contribution in [-0.4, -0.2) is 10.1 Å². The van der Waals surface area contributed by atoms with E-state index >= 15 is 0 Å². The molecule has 0 saturated carbocycles. The van der Waals surface area contributed by atoms with E-state index < -0.39 is 11.9 Å². The summed E-state index contributed by atoms with van der Waals surface area (Å²) in [6.45, 7) is 0. The first-order valence-electron chi connectivity index (χ1n) is 4.82. The molecule has 1 aromatic heterocycles. The third-order valence-corrected chi connectivity index (χ3v) is 3.15. The minimum absolute atomic E-state index is 0.255. The van der Waals surface area contributed by atoms with Crippen LogP contribution in [0.1, 0.15) is 17.2 Å². The number of nitrogens with zero attached hydrogens (tertiary/aromatic N) is 1. The van der Waals surface area contributed by atoms with Crippen molar-refractivity contribution in [1.29, 1.82) is 0 Å². The van der Waals surface area contributed by atoms with Crippen molar-refractivity contribution in [3.63, 3.8) is 0 Å². The van der Waals surface area contributed by atoms with E-state index in [1.54, 1.807) is 18.2 Å². The first-order valence-corrected chi connectivity index (χ1v) is 5.57. The quantitative estimate of drug-likeness (QED) is 0.905. The van der Waals surface area contributed by atoms with Crippen molar-refractivity contribution in [2.75, 3.05) is 0 Å². The van der Waals surface area contributed by atoms with Crippen LogP contribution in [0.15, 0.2) is 36.7 Å². The first kappa shape index (κ1) is 12.3. The summed E-state index contributed by atoms with van der Waals surface area (Å²) in [5, 5.41) is 10.7. The Morgan fingerprint density at radius 2 is 2.00 bits per heavy atom. The summed E-state index contributed by atoms with van der Waals surface area (Å²) in [7, 11) is 0. The van der Waals surface area contributed by atoms with Gasteiger partial charge in [0.2, 0.25) is 0 Å². The summed E-state index contributed by atoms with van der Waals surface area (Å²) in [4.78, 5) is 3.67. The molecule has 1 atom stereocenters. The van der Waals surface area contributed by atoms with Crippen molar-refractivity contribution in [2.24, 2.45) is 0 Å². The number of hydrogen-bond acceptors (Lipinski definition) is 2. The Kier molecular flexibility index (Phi) is 3.62. The van der Waals surface area contributed by atoms with Crippen molar-refractivity contribution >= 4 is 23.2 Å². The summed E-state index contributed by atoms with van der Waals surface area (Å²) in [5.41, 5.74) is 0.751. The fraction of sp³-hybridized carbons (Fsp3) is 0.0833. The lowest BCUT2D eigenvalue weighted by molar-refractivity contribution is 0.219. The normalized spacial score (nSPS) is 12.5. The number of aromatic nitrogens is 1. The molecule has 0 aliphatic carbocycles. The second kappa shape index (κ2) is 5.00. The predicted octanol–water partition coefficient (Wildman–Crippen LogP) is 3.61. The van der Waals surface area contributed by atoms with Crippen LogP contribution >= 0.6 is 23.2 Å². The molecule has 2 nitrogen and oxygen atoms in total. The van der Waals surface area contributed by atoms with Crippen LogP contribution in [0, 0.1) is 5.82 Å². The van der Waals surface area contributed by atoms with Gasteiger partial charge in [0.05, 0.1) is 16.2 Å². The molecule has 0 aliphatic heterocycles. The van der Waals surface area contributed by atoms with Crippen molar-refractivity contribution in [2.45, 2.75) is 6.10 Å². The summed E-state index contributed by atoms with van der Waals surface area (Å²) in [6, 6.07) is 6.11. The molecule has 0 fully saturated rings. The Bertz CT molecular complexity index is 548. The standard InChI is InChI=1S/C12H8Cl2FNO/c13-10-3-1-2-9(11(10)14)12(17)7-4-8(15)6-16-5-7/h1-6,12,17H. The van der Waals surface area contributed by atoms with E-state index in [0.29, 0.717) is 16.1 Å². The van der Waals surface area contributed by atoms with Crippen molar-refractivity contribution < 1.29 is 9.50 Å². The fourth-order valence-electron chi connectivity index (χ4n) is 1.49. The highest BCUT2D eigenvalue weighted by atomic mass is 35.5. The average molecular weight is 272 g/mol. The molecule has 0 saturated heterocycles. The second-order valence-corrected chi connectivity index (χ2v) is 4.27. The molecule has 2 aromatic rings. The number of aliphatic hydroxyl groups excluding tert-OH is 1. The molecule has 2 rings (SSSR count). The van der Waals surface area contributed by atoms with E-state index in [4.69, 9.17) is 23.2 Å². The lowest BCUT2D eigenvalue weighted by atomic mass is 10.0. The lowest BCUT2D eigenvalue weighted by Gasteiger charge is -2.13. The predicted molar refractivity (Wildman–Crippen MR) is 64.7 cm³/mol. The van der Waals surface area contributed by atoms with Gasteiger partial charge < -0.3 is 5.11 Å². The van der Waals surface area contributed by atoms with Gasteiger partial charge in [0.15, 0.2) is 0 Å². The molecule has 1 heterocycles. The van der Waals surface area contributed by atoms with Gasteiger partial charge in [0, 0.05) is 17.3 Å². The molecule has 1 aromatic carbocycles. The molecule has 0 amide bonds. The molecule has 88 valence electrons. The van der Waals surface area contributed by atoms with Gasteiger partial charge in [-0.3, -0.25) is 4.98 Å². The zero-order valence-corrected chi connectivity index (χ0v) is 10.1. The smallest absolute Gasteiger partial charge is 0.141 e. The van der Waals surface area contributed by atoms with Crippen LogP contribution in [-0.2, 0) is 0 Å². The van der Waals surface area contributed by atoms with Gasteiger partial charge in [0.1, 0.15) is 11.9 Å². The summed E-state index contributed by atoms with van der Waals surface area (Å²) in [5.74, 6) is -0.514. The fourth-order valence-corrected chi connectivity index (χ4v) is 1.90. The number of halogens is 3. The van der Waals surface area contributed by atoms with Crippen LogP contribution in [0.2, 0.25) is 10.0 Å². The van der Waals surface area contributed by atoms with Gasteiger partial charge in [-0.05, 0) is 12.1 Å². The average Bonchev–Trinajstić information content (AvgIpc) is 2.32. The van der Waals surface area contributed by atoms with E-state index in [-0.39, 0.29) is 5.02 Å². The molecule has 0 aliphatic rings. The highest BCUT2D eigenvalue weighted by molar-refractivity contribution is 6.42. The third kappa shape index (κ3) is 2.57. The Balaban J connectivity index is 2.44. The molecule has 0 radical (unpaired) electrons. The summed E-state index contributed by atoms with van der Waals surface area (Å²) in [6.07, 6.45) is 1.39. The minimum Gasteiger partial charge on any atom is -0.384 e. The minimum atomic E-state index is -1.05. The SMILES string of the molecule is OC(c1cncc(F)c1)c1cccc(Cl)c1Cl. The van der Waals surface area contributed by atoms with E-state index in [2.05, 4.69) is 4.98 Å². The van der Waals surface area contributed by atoms with Gasteiger partial charge in [-0.15, -0.1) is 0 Å². The molecular weight excluding hydrogens is 264 g/mol. The Morgan fingerprint density at radius 3 is 2.71 bits per heavy atom. The van der Waals surface area contributed by atoms with Crippen molar-refractivity contribution in [3.8, 4) is 0 Å². The van der Waals surface area contributed by atoms with Gasteiger partial charge in [-0.25, -0.2) is 4.39 Å². The maximum absolute atomic E-state index is 13.0. The lowest BCUT2D eigenvalue weighted by Crippen LogP contribution is -2.02. The molecule has 5 heteroatoms. The number of hydrogen-bond donors (Lipinski definition) is 1. The molecular formula is C12H8Cl2FNO. The van der Waals surface area contributed by atoms with Gasteiger partial charge in [-0.1, -0.05) is 35.3 Å². The largest absolute Gasteiger partial charge is 0.384 e. The number of rotatable bonds is 2. The van der Waals surface area contributed by atoms with Gasteiger partial charge in [0.25, 0.3) is 0 Å². The number of aliphatic hydroxyl groups is 1. The number of pyridine rings is 1. The molecule has 1 unspecified atom stereocenters. The van der Waals surface area contributed by atoms with Crippen LogP contribution < -0.4 is 0 Å². The molecule has 1 N–H and O–H groups in total. The van der Waals surface area contributed by atoms with Crippen LogP contribution in [0.3, 0.4) is 0 Å². The van der Waals surface area contributed by atoms with Crippen LogP contribution in [0.25, 0.3) is 0 Å². The first-order chi connectivity index (χ1) is 8.09.